The average Bonchev–Trinajstić information content (AvgIpc) is 3.06. The van der Waals surface area contributed by atoms with Gasteiger partial charge in [0.15, 0.2) is 11.5 Å². The lowest BCUT2D eigenvalue weighted by atomic mass is 10.0. The number of methoxy groups -OCH3 is 1. The van der Waals surface area contributed by atoms with E-state index in [-0.39, 0.29) is 5.75 Å². The first-order chi connectivity index (χ1) is 8.05. The van der Waals surface area contributed by atoms with Crippen LogP contribution in [0.1, 0.15) is 24.0 Å². The second-order valence-corrected chi connectivity index (χ2v) is 5.00. The maximum atomic E-state index is 10.4. The first kappa shape index (κ1) is 12.1. The van der Waals surface area contributed by atoms with Crippen LogP contribution in [0.5, 0.6) is 11.5 Å². The SMILES string of the molecule is COc1c(C)c(Br)cc(C2(N=C=O)CC2)c1O. The molecule has 1 aliphatic rings. The molecule has 1 aromatic rings. The highest BCUT2D eigenvalue weighted by Gasteiger charge is 2.47. The average molecular weight is 298 g/mol. The fraction of sp³-hybridized carbons (Fsp3) is 0.417. The quantitative estimate of drug-likeness (QED) is 0.689. The van der Waals surface area contributed by atoms with Gasteiger partial charge < -0.3 is 9.84 Å². The molecule has 1 saturated carbocycles. The standard InChI is InChI=1S/C12H12BrNO3/c1-7-9(13)5-8(10(16)11(7)17-2)12(3-4-12)14-6-15/h5,16H,3-4H2,1-2H3. The van der Waals surface area contributed by atoms with Gasteiger partial charge in [-0.1, -0.05) is 15.9 Å². The van der Waals surface area contributed by atoms with Crippen LogP contribution in [0.3, 0.4) is 0 Å². The van der Waals surface area contributed by atoms with Crippen molar-refractivity contribution < 1.29 is 14.6 Å². The lowest BCUT2D eigenvalue weighted by Gasteiger charge is -2.16. The Hall–Kier alpha value is -1.32. The van der Waals surface area contributed by atoms with Crippen molar-refractivity contribution in [3.8, 4) is 11.5 Å². The Bertz CT molecular complexity index is 517. The zero-order valence-electron chi connectivity index (χ0n) is 9.58. The Labute approximate surface area is 107 Å². The fourth-order valence-electron chi connectivity index (χ4n) is 1.96. The van der Waals surface area contributed by atoms with Crippen LogP contribution >= 0.6 is 15.9 Å². The van der Waals surface area contributed by atoms with E-state index in [1.54, 1.807) is 12.1 Å². The van der Waals surface area contributed by atoms with E-state index in [1.165, 1.54) is 7.11 Å². The summed E-state index contributed by atoms with van der Waals surface area (Å²) in [5.41, 5.74) is 0.838. The van der Waals surface area contributed by atoms with E-state index >= 15 is 0 Å². The van der Waals surface area contributed by atoms with Gasteiger partial charge in [0.2, 0.25) is 6.08 Å². The first-order valence-electron chi connectivity index (χ1n) is 5.21. The van der Waals surface area contributed by atoms with E-state index in [4.69, 9.17) is 4.74 Å². The molecule has 5 heteroatoms. The highest BCUT2D eigenvalue weighted by Crippen LogP contribution is 2.55. The molecule has 1 aromatic carbocycles. The van der Waals surface area contributed by atoms with Gasteiger partial charge >= 0.3 is 0 Å². The van der Waals surface area contributed by atoms with Crippen molar-refractivity contribution in [2.75, 3.05) is 7.11 Å². The molecule has 0 aromatic heterocycles. The molecule has 0 bridgehead atoms. The number of nitrogens with zero attached hydrogens (tertiary/aromatic N) is 1. The maximum Gasteiger partial charge on any atom is 0.235 e. The number of rotatable bonds is 3. The van der Waals surface area contributed by atoms with Crippen molar-refractivity contribution >= 4 is 22.0 Å². The summed E-state index contributed by atoms with van der Waals surface area (Å²) in [4.78, 5) is 14.2. The van der Waals surface area contributed by atoms with Gasteiger partial charge in [-0.05, 0) is 25.8 Å². The normalized spacial score (nSPS) is 16.2. The van der Waals surface area contributed by atoms with Gasteiger partial charge in [0.1, 0.15) is 5.54 Å². The van der Waals surface area contributed by atoms with E-state index < -0.39 is 5.54 Å². The van der Waals surface area contributed by atoms with Gasteiger partial charge in [-0.15, -0.1) is 0 Å². The number of hydrogen-bond acceptors (Lipinski definition) is 4. The summed E-state index contributed by atoms with van der Waals surface area (Å²) >= 11 is 3.41. The van der Waals surface area contributed by atoms with E-state index in [2.05, 4.69) is 20.9 Å². The van der Waals surface area contributed by atoms with Crippen LogP contribution in [0.2, 0.25) is 0 Å². The third kappa shape index (κ3) is 1.85. The molecule has 1 aliphatic carbocycles. The molecule has 0 spiro atoms. The molecule has 17 heavy (non-hydrogen) atoms. The van der Waals surface area contributed by atoms with Crippen molar-refractivity contribution in [3.05, 3.63) is 21.7 Å². The van der Waals surface area contributed by atoms with Gasteiger partial charge in [-0.25, -0.2) is 4.79 Å². The molecule has 0 atom stereocenters. The topological polar surface area (TPSA) is 58.9 Å². The van der Waals surface area contributed by atoms with E-state index in [0.29, 0.717) is 11.3 Å². The monoisotopic (exact) mass is 297 g/mol. The summed E-state index contributed by atoms with van der Waals surface area (Å²) in [5, 5.41) is 10.2. The summed E-state index contributed by atoms with van der Waals surface area (Å²) < 4.78 is 6.01. The predicted octanol–water partition coefficient (Wildman–Crippen LogP) is 2.80. The molecule has 0 amide bonds. The van der Waals surface area contributed by atoms with E-state index in [9.17, 15) is 9.90 Å². The fourth-order valence-corrected chi connectivity index (χ4v) is 2.37. The van der Waals surface area contributed by atoms with Crippen molar-refractivity contribution in [1.29, 1.82) is 0 Å². The molecule has 0 heterocycles. The van der Waals surface area contributed by atoms with Crippen LogP contribution in [0.15, 0.2) is 15.5 Å². The van der Waals surface area contributed by atoms with Gasteiger partial charge in [0.05, 0.1) is 7.11 Å². The minimum atomic E-state index is -0.602. The van der Waals surface area contributed by atoms with Crippen molar-refractivity contribution in [1.82, 2.24) is 0 Å². The molecule has 90 valence electrons. The zero-order chi connectivity index (χ0) is 12.6. The summed E-state index contributed by atoms with van der Waals surface area (Å²) in [6.07, 6.45) is 3.06. The van der Waals surface area contributed by atoms with Crippen LogP contribution in [-0.4, -0.2) is 18.3 Å². The molecule has 1 N–H and O–H groups in total. The third-order valence-electron chi connectivity index (χ3n) is 3.13. The smallest absolute Gasteiger partial charge is 0.235 e. The molecule has 4 nitrogen and oxygen atoms in total. The first-order valence-corrected chi connectivity index (χ1v) is 6.00. The molecule has 0 saturated heterocycles. The van der Waals surface area contributed by atoms with Crippen LogP contribution in [0.4, 0.5) is 0 Å². The Morgan fingerprint density at radius 3 is 2.71 bits per heavy atom. The minimum absolute atomic E-state index is 0.0599. The van der Waals surface area contributed by atoms with Gasteiger partial charge in [-0.3, -0.25) is 0 Å². The Kier molecular flexibility index (Phi) is 2.98. The molecule has 0 unspecified atom stereocenters. The largest absolute Gasteiger partial charge is 0.504 e. The van der Waals surface area contributed by atoms with Crippen molar-refractivity contribution in [3.63, 3.8) is 0 Å². The maximum absolute atomic E-state index is 10.4. The Balaban J connectivity index is 2.64. The second kappa shape index (κ2) is 4.17. The molecule has 1 fully saturated rings. The number of aliphatic imine (C=N–C) groups is 1. The van der Waals surface area contributed by atoms with Crippen LogP contribution in [0, 0.1) is 6.92 Å². The van der Waals surface area contributed by atoms with E-state index in [0.717, 1.165) is 22.9 Å². The zero-order valence-corrected chi connectivity index (χ0v) is 11.2. The lowest BCUT2D eigenvalue weighted by Crippen LogP contribution is -2.05. The number of hydrogen-bond donors (Lipinski definition) is 1. The summed E-state index contributed by atoms with van der Waals surface area (Å²) in [7, 11) is 1.50. The molecule has 2 rings (SSSR count). The van der Waals surface area contributed by atoms with Gasteiger partial charge in [0.25, 0.3) is 0 Å². The van der Waals surface area contributed by atoms with Gasteiger partial charge in [0, 0.05) is 15.6 Å². The van der Waals surface area contributed by atoms with Crippen molar-refractivity contribution in [2.45, 2.75) is 25.3 Å². The number of isocyanates is 1. The van der Waals surface area contributed by atoms with E-state index in [1.807, 2.05) is 6.92 Å². The number of benzene rings is 1. The Morgan fingerprint density at radius 1 is 1.59 bits per heavy atom. The lowest BCUT2D eigenvalue weighted by molar-refractivity contribution is 0.365. The number of ether oxygens (including phenoxy) is 1. The van der Waals surface area contributed by atoms with Crippen LogP contribution in [-0.2, 0) is 10.3 Å². The second-order valence-electron chi connectivity index (χ2n) is 4.15. The number of halogens is 1. The highest BCUT2D eigenvalue weighted by atomic mass is 79.9. The van der Waals surface area contributed by atoms with Crippen molar-refractivity contribution in [2.24, 2.45) is 4.99 Å². The predicted molar refractivity (Wildman–Crippen MR) is 66.1 cm³/mol. The molecule has 0 radical (unpaired) electrons. The van der Waals surface area contributed by atoms with Crippen LogP contribution < -0.4 is 4.74 Å². The number of aromatic hydroxyl groups is 1. The molecular weight excluding hydrogens is 286 g/mol. The summed E-state index contributed by atoms with van der Waals surface area (Å²) in [6, 6.07) is 1.79. The Morgan fingerprint density at radius 2 is 2.24 bits per heavy atom. The minimum Gasteiger partial charge on any atom is -0.504 e. The third-order valence-corrected chi connectivity index (χ3v) is 3.95. The molecular formula is C12H12BrNO3. The highest BCUT2D eigenvalue weighted by molar-refractivity contribution is 9.10. The van der Waals surface area contributed by atoms with Gasteiger partial charge in [-0.2, -0.15) is 4.99 Å². The number of carbonyl (C=O) groups excluding carboxylic acids is 1. The molecule has 0 aliphatic heterocycles. The summed E-state index contributed by atoms with van der Waals surface area (Å²) in [6.45, 7) is 1.84. The number of phenolic OH excluding ortho intramolecular Hbond substituents is 1. The van der Waals surface area contributed by atoms with Crippen LogP contribution in [0.25, 0.3) is 0 Å². The number of phenols is 1. The summed E-state index contributed by atoms with van der Waals surface area (Å²) in [5.74, 6) is 0.478.